The average molecular weight is 512 g/mol. The SMILES string of the molecule is [2H][C@@](Cc1cc(C(C)=O)c2ncc(C#N)c(NCC(C)(C)C)c2c1)(c1ccc(F)cc1)c1cn(C2CC2)nn1. The number of aromatic nitrogens is 4. The molecule has 1 atom stereocenters. The van der Waals surface area contributed by atoms with Crippen LogP contribution >= 0.6 is 0 Å². The molecule has 1 saturated carbocycles. The second-order valence-electron chi connectivity index (χ2n) is 11.1. The van der Waals surface area contributed by atoms with Gasteiger partial charge in [0.2, 0.25) is 0 Å². The molecule has 0 radical (unpaired) electrons. The van der Waals surface area contributed by atoms with Crippen molar-refractivity contribution >= 4 is 22.4 Å². The van der Waals surface area contributed by atoms with Crippen LogP contribution in [-0.2, 0) is 6.42 Å². The van der Waals surface area contributed by atoms with Gasteiger partial charge in [-0.25, -0.2) is 9.07 Å². The van der Waals surface area contributed by atoms with E-state index in [1.165, 1.54) is 25.3 Å². The van der Waals surface area contributed by atoms with E-state index in [2.05, 4.69) is 47.5 Å². The van der Waals surface area contributed by atoms with Crippen molar-refractivity contribution in [3.8, 4) is 6.07 Å². The van der Waals surface area contributed by atoms with Crippen molar-refractivity contribution in [3.63, 3.8) is 0 Å². The van der Waals surface area contributed by atoms with Crippen LogP contribution in [0.5, 0.6) is 0 Å². The van der Waals surface area contributed by atoms with Crippen molar-refractivity contribution in [1.82, 2.24) is 20.0 Å². The number of halogens is 1. The zero-order valence-corrected chi connectivity index (χ0v) is 22.0. The topological polar surface area (TPSA) is 96.5 Å². The summed E-state index contributed by atoms with van der Waals surface area (Å²) in [7, 11) is 0. The van der Waals surface area contributed by atoms with Crippen LogP contribution < -0.4 is 5.32 Å². The minimum Gasteiger partial charge on any atom is -0.383 e. The van der Waals surface area contributed by atoms with E-state index in [0.717, 1.165) is 12.8 Å². The van der Waals surface area contributed by atoms with Crippen molar-refractivity contribution in [2.75, 3.05) is 11.9 Å². The molecular weight excluding hydrogens is 479 g/mol. The number of anilines is 1. The van der Waals surface area contributed by atoms with Crippen molar-refractivity contribution in [2.24, 2.45) is 5.41 Å². The molecule has 0 saturated heterocycles. The predicted octanol–water partition coefficient (Wildman–Crippen LogP) is 6.21. The van der Waals surface area contributed by atoms with Gasteiger partial charge in [-0.2, -0.15) is 5.26 Å². The number of hydrogen-bond donors (Lipinski definition) is 1. The maximum Gasteiger partial charge on any atom is 0.162 e. The lowest BCUT2D eigenvalue weighted by Gasteiger charge is -2.22. The molecule has 2 aromatic carbocycles. The highest BCUT2D eigenvalue weighted by atomic mass is 19.1. The van der Waals surface area contributed by atoms with E-state index in [-0.39, 0.29) is 17.6 Å². The molecule has 0 bridgehead atoms. The Labute approximate surface area is 223 Å². The number of ketones is 1. The van der Waals surface area contributed by atoms with Gasteiger partial charge in [0, 0.05) is 37.2 Å². The zero-order chi connectivity index (χ0) is 27.9. The number of carbonyl (C=O) groups is 1. The predicted molar refractivity (Wildman–Crippen MR) is 145 cm³/mol. The number of carbonyl (C=O) groups excluding carboxylic acids is 1. The summed E-state index contributed by atoms with van der Waals surface area (Å²) in [6.45, 7) is 8.36. The monoisotopic (exact) mass is 511 g/mol. The van der Waals surface area contributed by atoms with Crippen LogP contribution in [0.2, 0.25) is 0 Å². The van der Waals surface area contributed by atoms with E-state index in [1.54, 1.807) is 29.1 Å². The number of nitrogens with one attached hydrogen (secondary N) is 1. The van der Waals surface area contributed by atoms with Crippen LogP contribution in [0.3, 0.4) is 0 Å². The summed E-state index contributed by atoms with van der Waals surface area (Å²) in [4.78, 5) is 17.3. The lowest BCUT2D eigenvalue weighted by molar-refractivity contribution is 0.101. The highest BCUT2D eigenvalue weighted by Gasteiger charge is 2.27. The van der Waals surface area contributed by atoms with E-state index in [0.29, 0.717) is 57.1 Å². The number of fused-ring (bicyclic) bond motifs is 1. The minimum atomic E-state index is -1.40. The fourth-order valence-electron chi connectivity index (χ4n) is 4.49. The molecule has 1 aliphatic rings. The summed E-state index contributed by atoms with van der Waals surface area (Å²) >= 11 is 0. The van der Waals surface area contributed by atoms with Gasteiger partial charge in [-0.1, -0.05) is 38.1 Å². The number of Topliss-reactive ketones (excluding diaryl/α,β-unsaturated/α-hetero) is 1. The first kappa shape index (κ1) is 24.2. The Hall–Kier alpha value is -4.12. The van der Waals surface area contributed by atoms with Gasteiger partial charge in [-0.15, -0.1) is 5.10 Å². The Balaban J connectivity index is 1.67. The lowest BCUT2D eigenvalue weighted by atomic mass is 9.87. The molecule has 0 aliphatic heterocycles. The molecule has 194 valence electrons. The quantitative estimate of drug-likeness (QED) is 0.283. The number of nitriles is 1. The highest BCUT2D eigenvalue weighted by Crippen LogP contribution is 2.37. The molecule has 0 unspecified atom stereocenters. The fourth-order valence-corrected chi connectivity index (χ4v) is 4.49. The summed E-state index contributed by atoms with van der Waals surface area (Å²) in [6, 6.07) is 12.0. The number of rotatable bonds is 8. The second kappa shape index (κ2) is 9.97. The van der Waals surface area contributed by atoms with Crippen LogP contribution in [-0.4, -0.2) is 32.3 Å². The Morgan fingerprint density at radius 1 is 1.29 bits per heavy atom. The number of pyridine rings is 1. The van der Waals surface area contributed by atoms with Crippen LogP contribution in [0.4, 0.5) is 10.1 Å². The molecule has 4 aromatic rings. The average Bonchev–Trinajstić information content (AvgIpc) is 3.62. The van der Waals surface area contributed by atoms with Crippen molar-refractivity contribution in [2.45, 2.75) is 58.9 Å². The Morgan fingerprint density at radius 3 is 2.66 bits per heavy atom. The molecule has 7 nitrogen and oxygen atoms in total. The molecule has 1 fully saturated rings. The molecule has 5 rings (SSSR count). The summed E-state index contributed by atoms with van der Waals surface area (Å²) in [6.07, 6.45) is 5.48. The standard InChI is InChI=1S/C30H31FN6O/c1-18(38)24-11-19(13-26-28(34-17-30(2,3)4)21(14-32)15-33-29(24)26)12-25(20-5-7-22(31)8-6-20)27-16-37(36-35-27)23-9-10-23/h5-8,11,13,15-16,23,25H,9-10,12,17H2,1-4H3,(H,33,34)/t25-/m1/s1/i25D. The van der Waals surface area contributed by atoms with Crippen LogP contribution in [0, 0.1) is 22.6 Å². The van der Waals surface area contributed by atoms with Gasteiger partial charge in [-0.3, -0.25) is 9.78 Å². The molecule has 8 heteroatoms. The Bertz CT molecular complexity index is 1600. The summed E-state index contributed by atoms with van der Waals surface area (Å²) in [5.41, 5.74) is 3.54. The highest BCUT2D eigenvalue weighted by molar-refractivity contribution is 6.09. The first-order chi connectivity index (χ1) is 18.5. The number of hydrogen-bond acceptors (Lipinski definition) is 6. The first-order valence-corrected chi connectivity index (χ1v) is 12.8. The Kier molecular flexibility index (Phi) is 6.36. The Morgan fingerprint density at radius 2 is 2.03 bits per heavy atom. The van der Waals surface area contributed by atoms with Gasteiger partial charge in [0.05, 0.1) is 28.5 Å². The largest absolute Gasteiger partial charge is 0.383 e. The van der Waals surface area contributed by atoms with Gasteiger partial charge in [0.25, 0.3) is 0 Å². The summed E-state index contributed by atoms with van der Waals surface area (Å²) in [5.74, 6) is -1.96. The second-order valence-corrected chi connectivity index (χ2v) is 11.1. The van der Waals surface area contributed by atoms with Crippen LogP contribution in [0.15, 0.2) is 48.8 Å². The van der Waals surface area contributed by atoms with E-state index in [4.69, 9.17) is 0 Å². The molecule has 0 amide bonds. The van der Waals surface area contributed by atoms with E-state index < -0.39 is 11.7 Å². The van der Waals surface area contributed by atoms with E-state index in [1.807, 2.05) is 6.07 Å². The van der Waals surface area contributed by atoms with Crippen LogP contribution in [0.1, 0.15) is 86.6 Å². The zero-order valence-electron chi connectivity index (χ0n) is 23.0. The molecule has 0 spiro atoms. The van der Waals surface area contributed by atoms with Crippen LogP contribution in [0.25, 0.3) is 10.9 Å². The van der Waals surface area contributed by atoms with Gasteiger partial charge >= 0.3 is 0 Å². The molecule has 1 aliphatic carbocycles. The van der Waals surface area contributed by atoms with E-state index in [9.17, 15) is 15.8 Å². The number of nitrogens with zero attached hydrogens (tertiary/aromatic N) is 5. The maximum atomic E-state index is 13.8. The van der Waals surface area contributed by atoms with Gasteiger partial charge < -0.3 is 5.32 Å². The molecule has 2 aromatic heterocycles. The fraction of sp³-hybridized carbons (Fsp3) is 0.367. The van der Waals surface area contributed by atoms with Crippen molar-refractivity contribution in [3.05, 3.63) is 82.6 Å². The third-order valence-corrected chi connectivity index (χ3v) is 6.64. The third-order valence-electron chi connectivity index (χ3n) is 6.64. The summed E-state index contributed by atoms with van der Waals surface area (Å²) < 4.78 is 25.3. The van der Waals surface area contributed by atoms with Gasteiger partial charge in [0.15, 0.2) is 5.78 Å². The minimum absolute atomic E-state index is 0.0599. The van der Waals surface area contributed by atoms with Crippen molar-refractivity contribution in [1.29, 1.82) is 5.26 Å². The maximum absolute atomic E-state index is 13.8. The normalized spacial score (nSPS) is 15.5. The number of benzene rings is 2. The van der Waals surface area contributed by atoms with Crippen molar-refractivity contribution < 1.29 is 10.6 Å². The molecule has 38 heavy (non-hydrogen) atoms. The molecular formula is C30H31FN6O. The molecule has 1 N–H and O–H groups in total. The van der Waals surface area contributed by atoms with E-state index >= 15 is 0 Å². The lowest BCUT2D eigenvalue weighted by Crippen LogP contribution is -2.20. The third kappa shape index (κ3) is 5.42. The first-order valence-electron chi connectivity index (χ1n) is 13.3. The molecule has 2 heterocycles. The van der Waals surface area contributed by atoms with Gasteiger partial charge in [0.1, 0.15) is 11.9 Å². The smallest absolute Gasteiger partial charge is 0.162 e. The van der Waals surface area contributed by atoms with Gasteiger partial charge in [-0.05, 0) is 67.0 Å². The summed E-state index contributed by atoms with van der Waals surface area (Å²) in [5, 5.41) is 22.5.